The SMILES string of the molecule is CN(CCCC(=O)O)S(=O)(=O)c1cc(F)ccc1Cl. The van der Waals surface area contributed by atoms with Crippen molar-refractivity contribution in [1.29, 1.82) is 0 Å². The van der Waals surface area contributed by atoms with Gasteiger partial charge in [0.1, 0.15) is 10.7 Å². The topological polar surface area (TPSA) is 74.7 Å². The molecule has 0 aliphatic carbocycles. The van der Waals surface area contributed by atoms with E-state index in [1.807, 2.05) is 0 Å². The highest BCUT2D eigenvalue weighted by molar-refractivity contribution is 7.89. The summed E-state index contributed by atoms with van der Waals surface area (Å²) in [4.78, 5) is 10.0. The van der Waals surface area contributed by atoms with Crippen LogP contribution >= 0.6 is 11.6 Å². The van der Waals surface area contributed by atoms with E-state index in [2.05, 4.69) is 0 Å². The average molecular weight is 310 g/mol. The highest BCUT2D eigenvalue weighted by Crippen LogP contribution is 2.24. The molecule has 0 aromatic heterocycles. The maximum atomic E-state index is 13.1. The van der Waals surface area contributed by atoms with Gasteiger partial charge in [0.15, 0.2) is 0 Å². The maximum Gasteiger partial charge on any atom is 0.303 e. The zero-order valence-corrected chi connectivity index (χ0v) is 11.7. The number of benzene rings is 1. The van der Waals surface area contributed by atoms with E-state index in [4.69, 9.17) is 16.7 Å². The number of aliphatic carboxylic acids is 1. The minimum absolute atomic E-state index is 0.0154. The second-order valence-corrected chi connectivity index (χ2v) is 6.32. The molecule has 0 bridgehead atoms. The van der Waals surface area contributed by atoms with Crippen LogP contribution in [-0.4, -0.2) is 37.4 Å². The Hall–Kier alpha value is -1.18. The molecule has 1 aromatic carbocycles. The van der Waals surface area contributed by atoms with Gasteiger partial charge in [-0.3, -0.25) is 4.79 Å². The van der Waals surface area contributed by atoms with Crippen LogP contribution in [0.1, 0.15) is 12.8 Å². The second-order valence-electron chi connectivity index (χ2n) is 3.90. The Balaban J connectivity index is 2.90. The molecule has 0 heterocycles. The normalized spacial score (nSPS) is 11.8. The average Bonchev–Trinajstić information content (AvgIpc) is 2.31. The lowest BCUT2D eigenvalue weighted by Gasteiger charge is -2.17. The number of rotatable bonds is 6. The predicted octanol–water partition coefficient (Wildman–Crippen LogP) is 1.96. The molecule has 8 heteroatoms. The van der Waals surface area contributed by atoms with E-state index in [0.29, 0.717) is 0 Å². The van der Waals surface area contributed by atoms with Crippen LogP contribution < -0.4 is 0 Å². The predicted molar refractivity (Wildman–Crippen MR) is 68.1 cm³/mol. The van der Waals surface area contributed by atoms with Crippen LogP contribution in [0.3, 0.4) is 0 Å². The Morgan fingerprint density at radius 3 is 2.68 bits per heavy atom. The van der Waals surface area contributed by atoms with Gasteiger partial charge >= 0.3 is 5.97 Å². The molecule has 0 spiro atoms. The number of sulfonamides is 1. The lowest BCUT2D eigenvalue weighted by molar-refractivity contribution is -0.137. The van der Waals surface area contributed by atoms with Gasteiger partial charge in [-0.1, -0.05) is 11.6 Å². The van der Waals surface area contributed by atoms with Gasteiger partial charge in [0.2, 0.25) is 10.0 Å². The molecule has 0 saturated heterocycles. The molecule has 0 unspecified atom stereocenters. The number of hydrogen-bond acceptors (Lipinski definition) is 3. The standard InChI is InChI=1S/C11H13ClFNO4S/c1-14(6-2-3-11(15)16)19(17,18)10-7-8(13)4-5-9(10)12/h4-5,7H,2-3,6H2,1H3,(H,15,16). The third-order valence-corrected chi connectivity index (χ3v) is 4.78. The lowest BCUT2D eigenvalue weighted by Crippen LogP contribution is -2.28. The summed E-state index contributed by atoms with van der Waals surface area (Å²) in [6.45, 7) is 0.0154. The zero-order valence-electron chi connectivity index (χ0n) is 10.1. The van der Waals surface area contributed by atoms with Crippen molar-refractivity contribution >= 4 is 27.6 Å². The van der Waals surface area contributed by atoms with Crippen LogP contribution in [0, 0.1) is 5.82 Å². The fourth-order valence-electron chi connectivity index (χ4n) is 1.42. The van der Waals surface area contributed by atoms with Gasteiger partial charge in [0, 0.05) is 20.0 Å². The van der Waals surface area contributed by atoms with E-state index in [1.165, 1.54) is 7.05 Å². The van der Waals surface area contributed by atoms with Crippen molar-refractivity contribution in [1.82, 2.24) is 4.31 Å². The Labute approximate surface area is 115 Å². The van der Waals surface area contributed by atoms with Crippen LogP contribution in [0.2, 0.25) is 5.02 Å². The Morgan fingerprint density at radius 1 is 1.47 bits per heavy atom. The largest absolute Gasteiger partial charge is 0.481 e. The summed E-state index contributed by atoms with van der Waals surface area (Å²) in [6.07, 6.45) is 0.0226. The molecule has 1 N–H and O–H groups in total. The van der Waals surface area contributed by atoms with Gasteiger partial charge in [0.05, 0.1) is 5.02 Å². The minimum atomic E-state index is -3.92. The lowest BCUT2D eigenvalue weighted by atomic mass is 10.3. The highest BCUT2D eigenvalue weighted by atomic mass is 35.5. The molecule has 19 heavy (non-hydrogen) atoms. The number of hydrogen-bond donors (Lipinski definition) is 1. The van der Waals surface area contributed by atoms with Crippen molar-refractivity contribution in [3.05, 3.63) is 29.0 Å². The summed E-state index contributed by atoms with van der Waals surface area (Å²) in [6, 6.07) is 3.06. The molecule has 5 nitrogen and oxygen atoms in total. The summed E-state index contributed by atoms with van der Waals surface area (Å²) >= 11 is 5.74. The van der Waals surface area contributed by atoms with E-state index in [-0.39, 0.29) is 29.3 Å². The minimum Gasteiger partial charge on any atom is -0.481 e. The fraction of sp³-hybridized carbons (Fsp3) is 0.364. The first kappa shape index (κ1) is 15.9. The van der Waals surface area contributed by atoms with Crippen LogP contribution in [0.4, 0.5) is 4.39 Å². The first-order valence-electron chi connectivity index (χ1n) is 5.38. The molecule has 1 aromatic rings. The number of nitrogens with zero attached hydrogens (tertiary/aromatic N) is 1. The third kappa shape index (κ3) is 4.15. The first-order chi connectivity index (χ1) is 8.75. The van der Waals surface area contributed by atoms with Crippen LogP contribution in [0.5, 0.6) is 0 Å². The molecule has 0 amide bonds. The first-order valence-corrected chi connectivity index (χ1v) is 7.20. The molecule has 106 valence electrons. The van der Waals surface area contributed by atoms with E-state index in [0.717, 1.165) is 22.5 Å². The van der Waals surface area contributed by atoms with E-state index >= 15 is 0 Å². The second kappa shape index (κ2) is 6.31. The van der Waals surface area contributed by atoms with Crippen LogP contribution in [-0.2, 0) is 14.8 Å². The van der Waals surface area contributed by atoms with Gasteiger partial charge in [-0.2, -0.15) is 0 Å². The van der Waals surface area contributed by atoms with Crippen LogP contribution in [0.25, 0.3) is 0 Å². The van der Waals surface area contributed by atoms with Gasteiger partial charge in [-0.05, 0) is 24.6 Å². The molecular weight excluding hydrogens is 297 g/mol. The number of carboxylic acid groups (broad SMARTS) is 1. The Kier molecular flexibility index (Phi) is 5.28. The molecule has 0 fully saturated rings. The number of carboxylic acids is 1. The quantitative estimate of drug-likeness (QED) is 0.871. The summed E-state index contributed by atoms with van der Waals surface area (Å²) in [5.41, 5.74) is 0. The molecule has 0 aliphatic rings. The summed E-state index contributed by atoms with van der Waals surface area (Å²) < 4.78 is 38.3. The third-order valence-electron chi connectivity index (χ3n) is 2.45. The molecule has 1 rings (SSSR count). The van der Waals surface area contributed by atoms with Crippen molar-refractivity contribution in [2.24, 2.45) is 0 Å². The van der Waals surface area contributed by atoms with Crippen molar-refractivity contribution in [2.75, 3.05) is 13.6 Å². The van der Waals surface area contributed by atoms with E-state index < -0.39 is 21.8 Å². The molecule has 0 radical (unpaired) electrons. The van der Waals surface area contributed by atoms with Gasteiger partial charge in [0.25, 0.3) is 0 Å². The van der Waals surface area contributed by atoms with Gasteiger partial charge in [-0.15, -0.1) is 0 Å². The smallest absolute Gasteiger partial charge is 0.303 e. The van der Waals surface area contributed by atoms with Crippen molar-refractivity contribution in [2.45, 2.75) is 17.7 Å². The molecule has 0 atom stereocenters. The summed E-state index contributed by atoms with van der Waals surface area (Å²) in [7, 11) is -2.63. The van der Waals surface area contributed by atoms with Crippen molar-refractivity contribution in [3.8, 4) is 0 Å². The van der Waals surface area contributed by atoms with Gasteiger partial charge < -0.3 is 5.11 Å². The number of carbonyl (C=O) groups is 1. The molecular formula is C11H13ClFNO4S. The maximum absolute atomic E-state index is 13.1. The fourth-order valence-corrected chi connectivity index (χ4v) is 3.11. The monoisotopic (exact) mass is 309 g/mol. The number of halogens is 2. The Bertz CT molecular complexity index is 576. The summed E-state index contributed by atoms with van der Waals surface area (Å²) in [5.74, 6) is -1.71. The molecule has 0 aliphatic heterocycles. The van der Waals surface area contributed by atoms with Crippen molar-refractivity contribution in [3.63, 3.8) is 0 Å². The van der Waals surface area contributed by atoms with Crippen LogP contribution in [0.15, 0.2) is 23.1 Å². The summed E-state index contributed by atoms with van der Waals surface area (Å²) in [5, 5.41) is 8.41. The zero-order chi connectivity index (χ0) is 14.6. The Morgan fingerprint density at radius 2 is 2.11 bits per heavy atom. The van der Waals surface area contributed by atoms with Crippen molar-refractivity contribution < 1.29 is 22.7 Å². The van der Waals surface area contributed by atoms with E-state index in [1.54, 1.807) is 0 Å². The van der Waals surface area contributed by atoms with E-state index in [9.17, 15) is 17.6 Å². The van der Waals surface area contributed by atoms with Gasteiger partial charge in [-0.25, -0.2) is 17.1 Å². The molecule has 0 saturated carbocycles. The highest BCUT2D eigenvalue weighted by Gasteiger charge is 2.24.